The summed E-state index contributed by atoms with van der Waals surface area (Å²) in [7, 11) is 1.61. The maximum absolute atomic E-state index is 12.4. The number of amides is 1. The molecule has 10 heteroatoms. The van der Waals surface area contributed by atoms with Crippen molar-refractivity contribution in [1.29, 1.82) is 0 Å². The van der Waals surface area contributed by atoms with Crippen molar-refractivity contribution in [3.63, 3.8) is 0 Å². The van der Waals surface area contributed by atoms with Gasteiger partial charge in [-0.2, -0.15) is 0 Å². The lowest BCUT2D eigenvalue weighted by Crippen LogP contribution is -2.20. The van der Waals surface area contributed by atoms with E-state index in [-0.39, 0.29) is 18.0 Å². The lowest BCUT2D eigenvalue weighted by atomic mass is 10.2. The second-order valence-electron chi connectivity index (χ2n) is 5.81. The Bertz CT molecular complexity index is 1190. The van der Waals surface area contributed by atoms with Crippen LogP contribution < -0.4 is 10.9 Å². The molecule has 0 saturated heterocycles. The molecule has 3 heterocycles. The molecule has 0 aliphatic rings. The molecular weight excluding hydrogens is 376 g/mol. The average molecular weight is 389 g/mol. The number of aryl methyl sites for hydroxylation is 2. The summed E-state index contributed by atoms with van der Waals surface area (Å²) in [6.45, 7) is 1.93. The summed E-state index contributed by atoms with van der Waals surface area (Å²) in [5, 5.41) is 3.92. The topological polar surface area (TPSA) is 94.7 Å². The molecule has 4 aromatic rings. The van der Waals surface area contributed by atoms with Crippen molar-refractivity contribution in [3.05, 3.63) is 45.6 Å². The zero-order valence-corrected chi connectivity index (χ0v) is 15.4. The van der Waals surface area contributed by atoms with Crippen LogP contribution in [0.4, 0.5) is 5.13 Å². The first-order valence-corrected chi connectivity index (χ1v) is 8.85. The zero-order chi connectivity index (χ0) is 18.4. The van der Waals surface area contributed by atoms with E-state index < -0.39 is 0 Å². The molecule has 0 unspecified atom stereocenters. The molecule has 4 rings (SSSR count). The Morgan fingerprint density at radius 1 is 1.31 bits per heavy atom. The number of benzene rings is 1. The number of imidazole rings is 1. The second kappa shape index (κ2) is 6.19. The van der Waals surface area contributed by atoms with E-state index in [2.05, 4.69) is 20.3 Å². The van der Waals surface area contributed by atoms with Crippen LogP contribution in [0.15, 0.2) is 29.5 Å². The SMILES string of the molecule is Cc1cc2sc(NC(=O)Cn3cnc4c3ncc(=O)n4C)nc2cc1Cl. The van der Waals surface area contributed by atoms with Gasteiger partial charge >= 0.3 is 0 Å². The van der Waals surface area contributed by atoms with Crippen molar-refractivity contribution >= 4 is 55.5 Å². The van der Waals surface area contributed by atoms with Gasteiger partial charge in [-0.25, -0.2) is 15.0 Å². The molecule has 3 aromatic heterocycles. The Morgan fingerprint density at radius 2 is 2.12 bits per heavy atom. The third kappa shape index (κ3) is 2.85. The van der Waals surface area contributed by atoms with Gasteiger partial charge in [-0.3, -0.25) is 14.2 Å². The molecule has 0 atom stereocenters. The molecule has 0 aliphatic heterocycles. The number of hydrogen-bond donors (Lipinski definition) is 1. The van der Waals surface area contributed by atoms with Crippen LogP contribution in [0.3, 0.4) is 0 Å². The minimum Gasteiger partial charge on any atom is -0.304 e. The van der Waals surface area contributed by atoms with Crippen LogP contribution >= 0.6 is 22.9 Å². The minimum absolute atomic E-state index is 0.0113. The normalized spacial score (nSPS) is 11.3. The van der Waals surface area contributed by atoms with Gasteiger partial charge in [0.1, 0.15) is 6.54 Å². The molecule has 0 spiro atoms. The number of carbonyl (C=O) groups excluding carboxylic acids is 1. The van der Waals surface area contributed by atoms with Crippen LogP contribution in [0.2, 0.25) is 5.02 Å². The summed E-state index contributed by atoms with van der Waals surface area (Å²) >= 11 is 7.49. The Hall–Kier alpha value is -2.78. The van der Waals surface area contributed by atoms with E-state index in [9.17, 15) is 9.59 Å². The number of nitrogens with one attached hydrogen (secondary N) is 1. The lowest BCUT2D eigenvalue weighted by molar-refractivity contribution is -0.116. The van der Waals surface area contributed by atoms with Crippen LogP contribution in [0.1, 0.15) is 5.56 Å². The molecule has 26 heavy (non-hydrogen) atoms. The van der Waals surface area contributed by atoms with Crippen LogP contribution in [0.5, 0.6) is 0 Å². The number of aromatic nitrogens is 5. The standard InChI is InChI=1S/C16H13ClN6O2S/c1-8-3-11-10(4-9(8)17)20-16(26-11)21-12(24)6-23-7-19-14-15(23)18-5-13(25)22(14)2/h3-5,7H,6H2,1-2H3,(H,20,21,24). The number of hydrogen-bond acceptors (Lipinski definition) is 6. The van der Waals surface area contributed by atoms with Crippen LogP contribution in [0, 0.1) is 6.92 Å². The van der Waals surface area contributed by atoms with E-state index in [0.717, 1.165) is 15.8 Å². The first kappa shape index (κ1) is 16.7. The number of fused-ring (bicyclic) bond motifs is 2. The van der Waals surface area contributed by atoms with E-state index in [1.54, 1.807) is 17.7 Å². The fourth-order valence-corrected chi connectivity index (χ4v) is 3.69. The fraction of sp³-hybridized carbons (Fsp3) is 0.188. The summed E-state index contributed by atoms with van der Waals surface area (Å²) < 4.78 is 3.92. The predicted octanol–water partition coefficient (Wildman–Crippen LogP) is 2.34. The van der Waals surface area contributed by atoms with Gasteiger partial charge < -0.3 is 9.88 Å². The highest BCUT2D eigenvalue weighted by molar-refractivity contribution is 7.22. The highest BCUT2D eigenvalue weighted by atomic mass is 35.5. The molecule has 132 valence electrons. The van der Waals surface area contributed by atoms with E-state index in [1.807, 2.05) is 13.0 Å². The van der Waals surface area contributed by atoms with Crippen molar-refractivity contribution in [2.75, 3.05) is 5.32 Å². The van der Waals surface area contributed by atoms with Crippen molar-refractivity contribution in [2.45, 2.75) is 13.5 Å². The van der Waals surface area contributed by atoms with Crippen molar-refractivity contribution in [3.8, 4) is 0 Å². The molecule has 0 bridgehead atoms. The van der Waals surface area contributed by atoms with Gasteiger partial charge in [0.15, 0.2) is 16.4 Å². The fourth-order valence-electron chi connectivity index (χ4n) is 2.57. The molecule has 1 amide bonds. The van der Waals surface area contributed by atoms with Crippen molar-refractivity contribution in [1.82, 2.24) is 24.1 Å². The van der Waals surface area contributed by atoms with Gasteiger partial charge in [-0.1, -0.05) is 22.9 Å². The minimum atomic E-state index is -0.262. The third-order valence-electron chi connectivity index (χ3n) is 3.97. The molecule has 0 fully saturated rings. The van der Waals surface area contributed by atoms with Crippen molar-refractivity contribution < 1.29 is 4.79 Å². The maximum atomic E-state index is 12.4. The van der Waals surface area contributed by atoms with Gasteiger partial charge in [-0.05, 0) is 24.6 Å². The van der Waals surface area contributed by atoms with Gasteiger partial charge in [0, 0.05) is 12.1 Å². The maximum Gasteiger partial charge on any atom is 0.270 e. The van der Waals surface area contributed by atoms with Gasteiger partial charge in [0.25, 0.3) is 5.56 Å². The Morgan fingerprint density at radius 3 is 2.92 bits per heavy atom. The Kier molecular flexibility index (Phi) is 3.97. The number of nitrogens with zero attached hydrogens (tertiary/aromatic N) is 5. The van der Waals surface area contributed by atoms with Gasteiger partial charge in [0.05, 0.1) is 22.7 Å². The van der Waals surface area contributed by atoms with E-state index in [1.165, 1.54) is 28.4 Å². The summed E-state index contributed by atoms with van der Waals surface area (Å²) in [5.41, 5.74) is 2.34. The summed E-state index contributed by atoms with van der Waals surface area (Å²) in [6, 6.07) is 3.73. The largest absolute Gasteiger partial charge is 0.304 e. The molecule has 0 radical (unpaired) electrons. The zero-order valence-electron chi connectivity index (χ0n) is 13.9. The van der Waals surface area contributed by atoms with Crippen molar-refractivity contribution in [2.24, 2.45) is 7.05 Å². The summed E-state index contributed by atoms with van der Waals surface area (Å²) in [4.78, 5) is 36.6. The number of rotatable bonds is 3. The van der Waals surface area contributed by atoms with Crippen LogP contribution in [-0.4, -0.2) is 30.0 Å². The smallest absolute Gasteiger partial charge is 0.270 e. The van der Waals surface area contributed by atoms with Gasteiger partial charge in [-0.15, -0.1) is 0 Å². The first-order chi connectivity index (χ1) is 12.4. The number of thiazole rings is 1. The number of carbonyl (C=O) groups is 1. The molecular formula is C16H13ClN6O2S. The highest BCUT2D eigenvalue weighted by Crippen LogP contribution is 2.30. The molecule has 1 N–H and O–H groups in total. The monoisotopic (exact) mass is 388 g/mol. The molecule has 1 aromatic carbocycles. The van der Waals surface area contributed by atoms with E-state index >= 15 is 0 Å². The van der Waals surface area contributed by atoms with Crippen LogP contribution in [-0.2, 0) is 18.4 Å². The quantitative estimate of drug-likeness (QED) is 0.581. The third-order valence-corrected chi connectivity index (χ3v) is 5.31. The molecule has 8 nitrogen and oxygen atoms in total. The highest BCUT2D eigenvalue weighted by Gasteiger charge is 2.13. The van der Waals surface area contributed by atoms with E-state index in [0.29, 0.717) is 21.4 Å². The summed E-state index contributed by atoms with van der Waals surface area (Å²) in [6.07, 6.45) is 2.69. The molecule has 0 saturated carbocycles. The second-order valence-corrected chi connectivity index (χ2v) is 7.25. The first-order valence-electron chi connectivity index (χ1n) is 7.66. The Labute approximate surface area is 156 Å². The Balaban J connectivity index is 1.58. The van der Waals surface area contributed by atoms with E-state index in [4.69, 9.17) is 11.6 Å². The molecule has 0 aliphatic carbocycles. The lowest BCUT2D eigenvalue weighted by Gasteiger charge is -2.04. The predicted molar refractivity (Wildman–Crippen MR) is 101 cm³/mol. The van der Waals surface area contributed by atoms with Gasteiger partial charge in [0.2, 0.25) is 5.91 Å². The average Bonchev–Trinajstić information content (AvgIpc) is 3.15. The van der Waals surface area contributed by atoms with Crippen LogP contribution in [0.25, 0.3) is 21.5 Å². The number of anilines is 1. The summed E-state index contributed by atoms with van der Waals surface area (Å²) in [5.74, 6) is -0.262. The number of halogens is 1.